The van der Waals surface area contributed by atoms with Gasteiger partial charge in [-0.25, -0.2) is 5.90 Å². The molecule has 0 bridgehead atoms. The first kappa shape index (κ1) is 37.5. The van der Waals surface area contributed by atoms with Crippen LogP contribution < -0.4 is 5.90 Å². The summed E-state index contributed by atoms with van der Waals surface area (Å²) in [5.41, 5.74) is 1.32. The summed E-state index contributed by atoms with van der Waals surface area (Å²) in [6.07, 6.45) is 3.54. The Morgan fingerprint density at radius 3 is 1.18 bits per heavy atom. The summed E-state index contributed by atoms with van der Waals surface area (Å²) in [5, 5.41) is 0. The van der Waals surface area contributed by atoms with Gasteiger partial charge in [0.15, 0.2) is 0 Å². The van der Waals surface area contributed by atoms with Crippen molar-refractivity contribution in [1.29, 1.82) is 0 Å². The molecule has 11 heteroatoms. The molecule has 0 aliphatic heterocycles. The van der Waals surface area contributed by atoms with Crippen molar-refractivity contribution in [3.63, 3.8) is 0 Å². The van der Waals surface area contributed by atoms with Crippen LogP contribution in [0.25, 0.3) is 0 Å². The standard InChI is InChI=1S/C7H8.2C6H6O3S.C5H13NO.C3H9N/c1-7-5-3-2-4-6-7;2*7-10(8,9)6-4-2-1-3-5-6;1-2-3-4-5-7-6;1-4(2)3/h2-6H,1H3;2*1-5H,(H,7,8,9);2-6H2,1H3;1-3H3. The zero-order chi connectivity index (χ0) is 29.5. The summed E-state index contributed by atoms with van der Waals surface area (Å²) in [7, 11) is -2.01. The number of hydrogen-bond acceptors (Lipinski definition) is 7. The summed E-state index contributed by atoms with van der Waals surface area (Å²) in [4.78, 5) is 6.20. The fourth-order valence-corrected chi connectivity index (χ4v) is 3.16. The molecule has 0 unspecified atom stereocenters. The van der Waals surface area contributed by atoms with Crippen LogP contribution in [-0.2, 0) is 25.1 Å². The molecule has 214 valence electrons. The second-order valence-corrected chi connectivity index (χ2v) is 11.0. The van der Waals surface area contributed by atoms with E-state index >= 15 is 0 Å². The van der Waals surface area contributed by atoms with Gasteiger partial charge in [0.05, 0.1) is 16.4 Å². The largest absolute Gasteiger partial charge is 0.312 e. The Hall–Kier alpha value is -2.64. The topological polar surface area (TPSA) is 147 Å². The highest BCUT2D eigenvalue weighted by Crippen LogP contribution is 2.06. The number of rotatable bonds is 6. The van der Waals surface area contributed by atoms with Gasteiger partial charge in [0.1, 0.15) is 0 Å². The lowest BCUT2D eigenvalue weighted by Gasteiger charge is -1.92. The molecule has 0 amide bonds. The zero-order valence-corrected chi connectivity index (χ0v) is 24.4. The number of nitrogens with two attached hydrogens (primary N) is 1. The maximum absolute atomic E-state index is 10.4. The van der Waals surface area contributed by atoms with Gasteiger partial charge in [-0.05, 0) is 58.8 Å². The van der Waals surface area contributed by atoms with Crippen LogP contribution in [0.15, 0.2) is 101 Å². The molecule has 3 aromatic rings. The van der Waals surface area contributed by atoms with Gasteiger partial charge < -0.3 is 9.74 Å². The van der Waals surface area contributed by atoms with Crippen LogP contribution in [0, 0.1) is 6.92 Å². The van der Waals surface area contributed by atoms with E-state index < -0.39 is 20.2 Å². The molecule has 0 atom stereocenters. The molecule has 0 saturated carbocycles. The van der Waals surface area contributed by atoms with E-state index in [2.05, 4.69) is 30.8 Å². The Kier molecular flexibility index (Phi) is 22.1. The van der Waals surface area contributed by atoms with Crippen molar-refractivity contribution in [1.82, 2.24) is 4.90 Å². The monoisotopic (exact) mass is 570 g/mol. The quantitative estimate of drug-likeness (QED) is 0.209. The minimum Gasteiger partial charge on any atom is -0.312 e. The van der Waals surface area contributed by atoms with Gasteiger partial charge >= 0.3 is 0 Å². The third-order valence-corrected chi connectivity index (χ3v) is 5.62. The van der Waals surface area contributed by atoms with Crippen molar-refractivity contribution < 1.29 is 30.8 Å². The lowest BCUT2D eigenvalue weighted by Crippen LogP contribution is -1.99. The van der Waals surface area contributed by atoms with Gasteiger partial charge in [0, 0.05) is 0 Å². The van der Waals surface area contributed by atoms with E-state index in [-0.39, 0.29) is 9.79 Å². The van der Waals surface area contributed by atoms with Gasteiger partial charge in [-0.3, -0.25) is 9.11 Å². The van der Waals surface area contributed by atoms with Crippen LogP contribution in [0.2, 0.25) is 0 Å². The van der Waals surface area contributed by atoms with Gasteiger partial charge in [0.25, 0.3) is 20.2 Å². The maximum atomic E-state index is 10.4. The first-order valence-electron chi connectivity index (χ1n) is 11.7. The molecule has 0 fully saturated rings. The average molecular weight is 571 g/mol. The van der Waals surface area contributed by atoms with E-state index in [0.717, 1.165) is 6.42 Å². The molecule has 3 aromatic carbocycles. The molecule has 0 aliphatic carbocycles. The van der Waals surface area contributed by atoms with E-state index in [0.29, 0.717) is 6.61 Å². The second-order valence-electron chi connectivity index (χ2n) is 8.15. The average Bonchev–Trinajstić information content (AvgIpc) is 2.86. The molecule has 38 heavy (non-hydrogen) atoms. The Morgan fingerprint density at radius 2 is 1.00 bits per heavy atom. The third-order valence-electron chi connectivity index (χ3n) is 3.89. The highest BCUT2D eigenvalue weighted by molar-refractivity contribution is 7.86. The Balaban J connectivity index is 0. The minimum atomic E-state index is -4.00. The molecule has 0 aliphatic rings. The zero-order valence-electron chi connectivity index (χ0n) is 22.8. The van der Waals surface area contributed by atoms with Crippen LogP contribution in [-0.4, -0.2) is 58.6 Å². The van der Waals surface area contributed by atoms with Crippen LogP contribution in [0.5, 0.6) is 0 Å². The molecule has 9 nitrogen and oxygen atoms in total. The Bertz CT molecular complexity index is 1070. The molecular formula is C27H42N2O7S2. The molecule has 0 heterocycles. The molecule has 0 radical (unpaired) electrons. The lowest BCUT2D eigenvalue weighted by atomic mass is 10.2. The fourth-order valence-electron chi connectivity index (χ4n) is 2.15. The predicted molar refractivity (Wildman–Crippen MR) is 153 cm³/mol. The number of aryl methyl sites for hydroxylation is 1. The molecule has 0 spiro atoms. The van der Waals surface area contributed by atoms with E-state index in [9.17, 15) is 16.8 Å². The molecule has 0 aromatic heterocycles. The van der Waals surface area contributed by atoms with Gasteiger partial charge in [0.2, 0.25) is 0 Å². The van der Waals surface area contributed by atoms with E-state index in [4.69, 9.17) is 15.0 Å². The summed E-state index contributed by atoms with van der Waals surface area (Å²) < 4.78 is 58.5. The summed E-state index contributed by atoms with van der Waals surface area (Å²) in [5.74, 6) is 4.77. The summed E-state index contributed by atoms with van der Waals surface area (Å²) in [6, 6.07) is 25.1. The fraction of sp³-hybridized carbons (Fsp3) is 0.333. The summed E-state index contributed by atoms with van der Waals surface area (Å²) >= 11 is 0. The van der Waals surface area contributed by atoms with Gasteiger partial charge in [-0.2, -0.15) is 16.8 Å². The number of unbranched alkanes of at least 4 members (excludes halogenated alkanes) is 2. The van der Waals surface area contributed by atoms with Crippen molar-refractivity contribution in [2.75, 3.05) is 27.7 Å². The van der Waals surface area contributed by atoms with Crippen molar-refractivity contribution in [2.24, 2.45) is 5.90 Å². The molecule has 4 N–H and O–H groups in total. The van der Waals surface area contributed by atoms with Crippen molar-refractivity contribution in [3.05, 3.63) is 96.6 Å². The van der Waals surface area contributed by atoms with Crippen LogP contribution in [0.3, 0.4) is 0 Å². The highest BCUT2D eigenvalue weighted by Gasteiger charge is 2.06. The molecule has 3 rings (SSSR count). The van der Waals surface area contributed by atoms with Gasteiger partial charge in [-0.1, -0.05) is 92.1 Å². The van der Waals surface area contributed by atoms with Gasteiger partial charge in [-0.15, -0.1) is 0 Å². The minimum absolute atomic E-state index is 0.0741. The van der Waals surface area contributed by atoms with Crippen molar-refractivity contribution in [2.45, 2.75) is 42.9 Å². The molecule has 0 saturated heterocycles. The third kappa shape index (κ3) is 25.0. The second kappa shape index (κ2) is 22.4. The predicted octanol–water partition coefficient (Wildman–Crippen LogP) is 5.11. The molecular weight excluding hydrogens is 528 g/mol. The smallest absolute Gasteiger partial charge is 0.294 e. The highest BCUT2D eigenvalue weighted by atomic mass is 32.2. The van der Waals surface area contributed by atoms with Crippen LogP contribution in [0.1, 0.15) is 31.7 Å². The SMILES string of the molecule is CCCCCON.CN(C)C.Cc1ccccc1.O=S(=O)(O)c1ccccc1.O=S(=O)(O)c1ccccc1. The number of hydrogen-bond donors (Lipinski definition) is 3. The summed E-state index contributed by atoms with van der Waals surface area (Å²) in [6.45, 7) is 4.93. The van der Waals surface area contributed by atoms with Crippen LogP contribution in [0.4, 0.5) is 0 Å². The van der Waals surface area contributed by atoms with Crippen LogP contribution >= 0.6 is 0 Å². The maximum Gasteiger partial charge on any atom is 0.294 e. The van der Waals surface area contributed by atoms with Crippen molar-refractivity contribution in [3.8, 4) is 0 Å². The first-order chi connectivity index (χ1) is 17.8. The van der Waals surface area contributed by atoms with E-state index in [1.807, 2.05) is 44.2 Å². The van der Waals surface area contributed by atoms with Crippen molar-refractivity contribution >= 4 is 20.2 Å². The lowest BCUT2D eigenvalue weighted by molar-refractivity contribution is 0.134. The number of benzene rings is 3. The van der Waals surface area contributed by atoms with E-state index in [1.165, 1.54) is 42.7 Å². The number of nitrogens with zero attached hydrogens (tertiary/aromatic N) is 1. The Labute approximate surface area is 228 Å². The Morgan fingerprint density at radius 1 is 0.684 bits per heavy atom. The normalized spacial score (nSPS) is 10.2. The first-order valence-corrected chi connectivity index (χ1v) is 14.6. The van der Waals surface area contributed by atoms with E-state index in [1.54, 1.807) is 36.4 Å².